The fraction of sp³-hybridized carbons (Fsp3) is 0.233. The molecule has 0 saturated carbocycles. The molecule has 3 aromatic rings. The van der Waals surface area contributed by atoms with Crippen LogP contribution in [0.5, 0.6) is 23.0 Å². The number of carbonyl (C=O) groups is 3. The van der Waals surface area contributed by atoms with Crippen LogP contribution in [0.2, 0.25) is 0 Å². The molecule has 0 unspecified atom stereocenters. The molecule has 0 radical (unpaired) electrons. The highest BCUT2D eigenvalue weighted by atomic mass is 16.5. The summed E-state index contributed by atoms with van der Waals surface area (Å²) in [6.07, 6.45) is 2.14. The van der Waals surface area contributed by atoms with Crippen LogP contribution in [0.4, 0.5) is 0 Å². The Labute approximate surface area is 226 Å². The van der Waals surface area contributed by atoms with E-state index >= 15 is 0 Å². The maximum atomic E-state index is 12.6. The molecule has 0 fully saturated rings. The van der Waals surface area contributed by atoms with E-state index in [9.17, 15) is 14.4 Å². The zero-order chi connectivity index (χ0) is 28.0. The molecule has 0 spiro atoms. The second-order valence-corrected chi connectivity index (χ2v) is 8.25. The highest BCUT2D eigenvalue weighted by Crippen LogP contribution is 2.25. The van der Waals surface area contributed by atoms with Crippen molar-refractivity contribution in [2.24, 2.45) is 0 Å². The lowest BCUT2D eigenvalue weighted by Crippen LogP contribution is -2.11. The average molecular weight is 535 g/mol. The first-order valence-corrected chi connectivity index (χ1v) is 12.3. The van der Waals surface area contributed by atoms with Gasteiger partial charge in [-0.2, -0.15) is 0 Å². The van der Waals surface area contributed by atoms with Crippen molar-refractivity contribution in [2.75, 3.05) is 26.4 Å². The number of aliphatic hydroxyl groups excluding tert-OH is 1. The van der Waals surface area contributed by atoms with Crippen LogP contribution >= 0.6 is 0 Å². The Balaban J connectivity index is 1.49. The Morgan fingerprint density at radius 2 is 1.28 bits per heavy atom. The van der Waals surface area contributed by atoms with Gasteiger partial charge in [-0.3, -0.25) is 0 Å². The summed E-state index contributed by atoms with van der Waals surface area (Å²) in [5.41, 5.74) is 1.29. The van der Waals surface area contributed by atoms with Crippen LogP contribution in [0, 0.1) is 6.92 Å². The third kappa shape index (κ3) is 9.32. The van der Waals surface area contributed by atoms with Crippen LogP contribution in [0.1, 0.15) is 39.1 Å². The van der Waals surface area contributed by atoms with E-state index < -0.39 is 17.9 Å². The molecule has 0 amide bonds. The predicted molar refractivity (Wildman–Crippen MR) is 142 cm³/mol. The van der Waals surface area contributed by atoms with Crippen molar-refractivity contribution in [2.45, 2.75) is 19.8 Å². The fourth-order valence-corrected chi connectivity index (χ4v) is 3.23. The van der Waals surface area contributed by atoms with Crippen LogP contribution in [-0.4, -0.2) is 49.4 Å². The molecule has 9 heteroatoms. The zero-order valence-electron chi connectivity index (χ0n) is 21.6. The van der Waals surface area contributed by atoms with Crippen LogP contribution in [0.3, 0.4) is 0 Å². The molecule has 0 aliphatic rings. The van der Waals surface area contributed by atoms with E-state index in [2.05, 4.69) is 6.58 Å². The summed E-state index contributed by atoms with van der Waals surface area (Å²) in [6, 6.07) is 17.7. The molecule has 0 bridgehead atoms. The summed E-state index contributed by atoms with van der Waals surface area (Å²) in [4.78, 5) is 36.1. The second-order valence-electron chi connectivity index (χ2n) is 8.25. The van der Waals surface area contributed by atoms with Gasteiger partial charge in [0.25, 0.3) is 0 Å². The maximum absolute atomic E-state index is 12.6. The number of benzene rings is 3. The Hall–Kier alpha value is -4.63. The van der Waals surface area contributed by atoms with Gasteiger partial charge in [0.2, 0.25) is 0 Å². The van der Waals surface area contributed by atoms with E-state index in [4.69, 9.17) is 28.8 Å². The third-order valence-electron chi connectivity index (χ3n) is 5.28. The minimum absolute atomic E-state index is 0.0463. The molecule has 9 nitrogen and oxygen atoms in total. The maximum Gasteiger partial charge on any atom is 0.343 e. The number of aryl methyl sites for hydroxylation is 1. The van der Waals surface area contributed by atoms with Crippen LogP contribution in [-0.2, 0) is 9.53 Å². The Bertz CT molecular complexity index is 1260. The molecule has 3 aromatic carbocycles. The van der Waals surface area contributed by atoms with E-state index in [0.29, 0.717) is 65.7 Å². The molecule has 204 valence electrons. The minimum atomic E-state index is -0.549. The van der Waals surface area contributed by atoms with Gasteiger partial charge >= 0.3 is 17.9 Å². The molecule has 0 aliphatic heterocycles. The SMILES string of the molecule is C=CC(=O)OCCCOc1ccc(C(=O)Oc2ccc(OC(=O)c3ccc(OCCCO)cc3)cc2C)cc1. The van der Waals surface area contributed by atoms with Gasteiger partial charge < -0.3 is 28.8 Å². The smallest absolute Gasteiger partial charge is 0.343 e. The van der Waals surface area contributed by atoms with E-state index in [-0.39, 0.29) is 13.2 Å². The monoisotopic (exact) mass is 534 g/mol. The van der Waals surface area contributed by atoms with Crippen molar-refractivity contribution in [1.29, 1.82) is 0 Å². The van der Waals surface area contributed by atoms with E-state index in [0.717, 1.165) is 6.08 Å². The first-order chi connectivity index (χ1) is 18.9. The number of carbonyl (C=O) groups excluding carboxylic acids is 3. The Morgan fingerprint density at radius 1 is 0.744 bits per heavy atom. The zero-order valence-corrected chi connectivity index (χ0v) is 21.6. The van der Waals surface area contributed by atoms with Crippen molar-refractivity contribution in [3.8, 4) is 23.0 Å². The van der Waals surface area contributed by atoms with E-state index in [1.807, 2.05) is 0 Å². The molecule has 3 rings (SSSR count). The first kappa shape index (κ1) is 28.9. The molecule has 1 N–H and O–H groups in total. The van der Waals surface area contributed by atoms with Crippen LogP contribution < -0.4 is 18.9 Å². The van der Waals surface area contributed by atoms with Gasteiger partial charge in [0, 0.05) is 25.5 Å². The lowest BCUT2D eigenvalue weighted by Gasteiger charge is -2.11. The summed E-state index contributed by atoms with van der Waals surface area (Å²) in [5.74, 6) is 0.223. The second kappa shape index (κ2) is 14.9. The molecular formula is C30H30O9. The Morgan fingerprint density at radius 3 is 1.82 bits per heavy atom. The molecule has 0 heterocycles. The number of rotatable bonds is 14. The average Bonchev–Trinajstić information content (AvgIpc) is 2.95. The molecule has 39 heavy (non-hydrogen) atoms. The van der Waals surface area contributed by atoms with E-state index in [1.165, 1.54) is 0 Å². The third-order valence-corrected chi connectivity index (χ3v) is 5.28. The summed E-state index contributed by atoms with van der Waals surface area (Å²) in [7, 11) is 0. The van der Waals surface area contributed by atoms with Gasteiger partial charge in [0.15, 0.2) is 0 Å². The fourth-order valence-electron chi connectivity index (χ4n) is 3.23. The van der Waals surface area contributed by atoms with Gasteiger partial charge in [0.05, 0.1) is 30.9 Å². The van der Waals surface area contributed by atoms with Gasteiger partial charge in [-0.05, 0) is 79.2 Å². The molecular weight excluding hydrogens is 504 g/mol. The highest BCUT2D eigenvalue weighted by molar-refractivity contribution is 5.92. The van der Waals surface area contributed by atoms with Gasteiger partial charge in [-0.15, -0.1) is 0 Å². The van der Waals surface area contributed by atoms with Gasteiger partial charge in [-0.1, -0.05) is 6.58 Å². The van der Waals surface area contributed by atoms with Crippen LogP contribution in [0.25, 0.3) is 0 Å². The number of hydrogen-bond donors (Lipinski definition) is 1. The van der Waals surface area contributed by atoms with Crippen molar-refractivity contribution in [3.05, 3.63) is 96.1 Å². The number of hydrogen-bond acceptors (Lipinski definition) is 9. The van der Waals surface area contributed by atoms with E-state index in [1.54, 1.807) is 73.7 Å². The quantitative estimate of drug-likeness (QED) is 0.136. The lowest BCUT2D eigenvalue weighted by molar-refractivity contribution is -0.137. The van der Waals surface area contributed by atoms with Crippen molar-refractivity contribution in [3.63, 3.8) is 0 Å². The lowest BCUT2D eigenvalue weighted by atomic mass is 10.2. The van der Waals surface area contributed by atoms with Crippen molar-refractivity contribution in [1.82, 2.24) is 0 Å². The summed E-state index contributed by atoms with van der Waals surface area (Å²) in [5, 5.41) is 8.81. The molecule has 0 atom stereocenters. The summed E-state index contributed by atoms with van der Waals surface area (Å²) in [6.45, 7) is 6.06. The Kier molecular flexibility index (Phi) is 11.1. The highest BCUT2D eigenvalue weighted by Gasteiger charge is 2.14. The minimum Gasteiger partial charge on any atom is -0.494 e. The molecule has 0 saturated heterocycles. The standard InChI is InChI=1S/C30H30O9/c1-3-28(32)37-19-5-18-36-25-12-8-23(9-13-25)30(34)39-27-15-14-26(20-21(27)2)38-29(33)22-6-10-24(11-7-22)35-17-4-16-31/h3,6-15,20,31H,1,4-5,16-19H2,2H3. The van der Waals surface area contributed by atoms with Gasteiger partial charge in [0.1, 0.15) is 23.0 Å². The largest absolute Gasteiger partial charge is 0.494 e. The topological polar surface area (TPSA) is 118 Å². The molecule has 0 aliphatic carbocycles. The summed E-state index contributed by atoms with van der Waals surface area (Å²) >= 11 is 0. The molecule has 0 aromatic heterocycles. The summed E-state index contributed by atoms with van der Waals surface area (Å²) < 4.78 is 26.9. The number of aliphatic hydroxyl groups is 1. The number of ether oxygens (including phenoxy) is 5. The normalized spacial score (nSPS) is 10.3. The predicted octanol–water partition coefficient (Wildman–Crippen LogP) is 4.69. The van der Waals surface area contributed by atoms with Crippen LogP contribution in [0.15, 0.2) is 79.4 Å². The van der Waals surface area contributed by atoms with Crippen molar-refractivity contribution < 1.29 is 43.2 Å². The first-order valence-electron chi connectivity index (χ1n) is 12.3. The van der Waals surface area contributed by atoms with Gasteiger partial charge in [-0.25, -0.2) is 14.4 Å². The number of esters is 3. The van der Waals surface area contributed by atoms with Crippen molar-refractivity contribution >= 4 is 17.9 Å².